The molecule has 1 aliphatic rings. The third-order valence-corrected chi connectivity index (χ3v) is 4.14. The average Bonchev–Trinajstić information content (AvgIpc) is 2.89. The highest BCUT2D eigenvalue weighted by atomic mass is 15.3. The molecule has 6 nitrogen and oxygen atoms in total. The van der Waals surface area contributed by atoms with Crippen LogP contribution < -0.4 is 10.2 Å². The first kappa shape index (κ1) is 12.2. The van der Waals surface area contributed by atoms with Crippen LogP contribution in [-0.4, -0.2) is 39.6 Å². The minimum atomic E-state index is 0.486. The van der Waals surface area contributed by atoms with Crippen LogP contribution in [0.15, 0.2) is 6.33 Å². The quantitative estimate of drug-likeness (QED) is 0.864. The summed E-state index contributed by atoms with van der Waals surface area (Å²) in [5.41, 5.74) is 1.65. The van der Waals surface area contributed by atoms with Gasteiger partial charge in [-0.15, -0.1) is 0 Å². The largest absolute Gasteiger partial charge is 0.357 e. The van der Waals surface area contributed by atoms with Crippen molar-refractivity contribution in [1.29, 1.82) is 0 Å². The van der Waals surface area contributed by atoms with Crippen molar-refractivity contribution >= 4 is 22.9 Å². The second kappa shape index (κ2) is 4.68. The highest BCUT2D eigenvalue weighted by molar-refractivity contribution is 5.84. The molecule has 3 heterocycles. The molecule has 0 amide bonds. The number of rotatable bonds is 2. The topological polar surface area (TPSA) is 69.7 Å². The number of imidazole rings is 1. The maximum absolute atomic E-state index is 4.63. The Labute approximate surface area is 112 Å². The lowest BCUT2D eigenvalue weighted by Crippen LogP contribution is -2.43. The third kappa shape index (κ3) is 2.01. The van der Waals surface area contributed by atoms with Crippen molar-refractivity contribution in [3.05, 3.63) is 6.33 Å². The summed E-state index contributed by atoms with van der Waals surface area (Å²) >= 11 is 0. The van der Waals surface area contributed by atoms with Gasteiger partial charge >= 0.3 is 0 Å². The van der Waals surface area contributed by atoms with Crippen LogP contribution in [0.5, 0.6) is 0 Å². The number of nitrogens with one attached hydrogen (secondary N) is 2. The molecule has 2 unspecified atom stereocenters. The summed E-state index contributed by atoms with van der Waals surface area (Å²) in [6.07, 6.45) is 4.17. The number of hydrogen-bond donors (Lipinski definition) is 2. The van der Waals surface area contributed by atoms with Gasteiger partial charge in [-0.2, -0.15) is 9.97 Å². The number of aromatic nitrogens is 4. The lowest BCUT2D eigenvalue weighted by molar-refractivity contribution is 0.362. The van der Waals surface area contributed by atoms with Gasteiger partial charge < -0.3 is 15.2 Å². The highest BCUT2D eigenvalue weighted by Gasteiger charge is 2.28. The standard InChI is InChI=1S/C13H20N6/c1-8-5-4-6-19(9(8)2)12-10-11(16-7-15-10)17-13(14-3)18-12/h7-9H,4-6H2,1-3H3,(H2,14,15,16,17,18). The number of hydrogen-bond acceptors (Lipinski definition) is 5. The Hall–Kier alpha value is -1.85. The SMILES string of the molecule is CNc1nc(N2CCCC(C)C2C)c2[nH]cnc2n1. The monoisotopic (exact) mass is 260 g/mol. The maximum Gasteiger partial charge on any atom is 0.226 e. The fourth-order valence-corrected chi connectivity index (χ4v) is 2.77. The van der Waals surface area contributed by atoms with E-state index in [-0.39, 0.29) is 0 Å². The third-order valence-electron chi connectivity index (χ3n) is 4.14. The molecule has 0 spiro atoms. The van der Waals surface area contributed by atoms with Crippen LogP contribution in [0.2, 0.25) is 0 Å². The Morgan fingerprint density at radius 3 is 3.00 bits per heavy atom. The molecular weight excluding hydrogens is 240 g/mol. The van der Waals surface area contributed by atoms with E-state index in [1.165, 1.54) is 12.8 Å². The van der Waals surface area contributed by atoms with Crippen LogP contribution in [0.1, 0.15) is 26.7 Å². The fraction of sp³-hybridized carbons (Fsp3) is 0.615. The van der Waals surface area contributed by atoms with Gasteiger partial charge in [0.2, 0.25) is 5.95 Å². The fourth-order valence-electron chi connectivity index (χ4n) is 2.77. The number of anilines is 2. The van der Waals surface area contributed by atoms with Crippen molar-refractivity contribution in [3.63, 3.8) is 0 Å². The Morgan fingerprint density at radius 1 is 1.37 bits per heavy atom. The second-order valence-electron chi connectivity index (χ2n) is 5.28. The molecule has 1 aliphatic heterocycles. The predicted molar refractivity (Wildman–Crippen MR) is 76.4 cm³/mol. The molecule has 0 saturated carbocycles. The molecule has 19 heavy (non-hydrogen) atoms. The van der Waals surface area contributed by atoms with Gasteiger partial charge in [0.1, 0.15) is 5.52 Å². The lowest BCUT2D eigenvalue weighted by Gasteiger charge is -2.38. The summed E-state index contributed by atoms with van der Waals surface area (Å²) in [5.74, 6) is 2.27. The van der Waals surface area contributed by atoms with E-state index in [0.29, 0.717) is 17.9 Å². The van der Waals surface area contributed by atoms with Gasteiger partial charge in [-0.1, -0.05) is 6.92 Å². The second-order valence-corrected chi connectivity index (χ2v) is 5.28. The average molecular weight is 260 g/mol. The van der Waals surface area contributed by atoms with Crippen molar-refractivity contribution in [2.24, 2.45) is 5.92 Å². The minimum Gasteiger partial charge on any atom is -0.357 e. The summed E-state index contributed by atoms with van der Waals surface area (Å²) in [5, 5.41) is 3.01. The Bertz CT molecular complexity index is 578. The highest BCUT2D eigenvalue weighted by Crippen LogP contribution is 2.31. The molecule has 6 heteroatoms. The van der Waals surface area contributed by atoms with Crippen LogP contribution in [0, 0.1) is 5.92 Å². The molecule has 2 aromatic heterocycles. The van der Waals surface area contributed by atoms with Crippen molar-refractivity contribution in [2.45, 2.75) is 32.7 Å². The van der Waals surface area contributed by atoms with Crippen molar-refractivity contribution in [2.75, 3.05) is 23.8 Å². The van der Waals surface area contributed by atoms with Crippen molar-refractivity contribution < 1.29 is 0 Å². The first-order chi connectivity index (χ1) is 9.20. The molecule has 1 saturated heterocycles. The van der Waals surface area contributed by atoms with E-state index in [4.69, 9.17) is 0 Å². The zero-order valence-corrected chi connectivity index (χ0v) is 11.6. The van der Waals surface area contributed by atoms with Crippen LogP contribution in [0.4, 0.5) is 11.8 Å². The Morgan fingerprint density at radius 2 is 2.21 bits per heavy atom. The van der Waals surface area contributed by atoms with E-state index in [1.54, 1.807) is 6.33 Å². The summed E-state index contributed by atoms with van der Waals surface area (Å²) in [6.45, 7) is 5.62. The van der Waals surface area contributed by atoms with Crippen LogP contribution in [-0.2, 0) is 0 Å². The molecule has 3 rings (SSSR count). The first-order valence-corrected chi connectivity index (χ1v) is 6.86. The summed E-state index contributed by atoms with van der Waals surface area (Å²) in [4.78, 5) is 18.8. The van der Waals surface area contributed by atoms with Gasteiger partial charge in [0.25, 0.3) is 0 Å². The zero-order valence-electron chi connectivity index (χ0n) is 11.6. The van der Waals surface area contributed by atoms with E-state index < -0.39 is 0 Å². The van der Waals surface area contributed by atoms with E-state index in [1.807, 2.05) is 7.05 Å². The number of piperidine rings is 1. The van der Waals surface area contributed by atoms with Crippen LogP contribution >= 0.6 is 0 Å². The van der Waals surface area contributed by atoms with E-state index in [9.17, 15) is 0 Å². The number of aromatic amines is 1. The summed E-state index contributed by atoms with van der Waals surface area (Å²) in [7, 11) is 1.83. The van der Waals surface area contributed by atoms with E-state index in [0.717, 1.165) is 23.5 Å². The van der Waals surface area contributed by atoms with Crippen molar-refractivity contribution in [3.8, 4) is 0 Å². The smallest absolute Gasteiger partial charge is 0.226 e. The molecule has 2 atom stereocenters. The summed E-state index contributed by atoms with van der Waals surface area (Å²) in [6, 6.07) is 0.486. The van der Waals surface area contributed by atoms with Gasteiger partial charge in [-0.3, -0.25) is 0 Å². The Kier molecular flexibility index (Phi) is 3.00. The van der Waals surface area contributed by atoms with Crippen LogP contribution in [0.25, 0.3) is 11.2 Å². The number of H-pyrrole nitrogens is 1. The molecule has 0 aliphatic carbocycles. The maximum atomic E-state index is 4.63. The number of nitrogens with zero attached hydrogens (tertiary/aromatic N) is 4. The first-order valence-electron chi connectivity index (χ1n) is 6.86. The van der Waals surface area contributed by atoms with Gasteiger partial charge in [0.15, 0.2) is 11.5 Å². The minimum absolute atomic E-state index is 0.486. The molecule has 0 aromatic carbocycles. The van der Waals surface area contributed by atoms with Gasteiger partial charge in [0, 0.05) is 19.6 Å². The Balaban J connectivity index is 2.09. The molecular formula is C13H20N6. The molecule has 2 N–H and O–H groups in total. The van der Waals surface area contributed by atoms with Gasteiger partial charge in [0.05, 0.1) is 6.33 Å². The summed E-state index contributed by atoms with van der Waals surface area (Å²) < 4.78 is 0. The normalized spacial score (nSPS) is 23.8. The van der Waals surface area contributed by atoms with E-state index in [2.05, 4.69) is 44.0 Å². The molecule has 2 aromatic rings. The number of fused-ring (bicyclic) bond motifs is 1. The van der Waals surface area contributed by atoms with Gasteiger partial charge in [-0.25, -0.2) is 4.98 Å². The van der Waals surface area contributed by atoms with Crippen LogP contribution in [0.3, 0.4) is 0 Å². The molecule has 102 valence electrons. The van der Waals surface area contributed by atoms with Gasteiger partial charge in [-0.05, 0) is 25.7 Å². The molecule has 1 fully saturated rings. The van der Waals surface area contributed by atoms with E-state index >= 15 is 0 Å². The van der Waals surface area contributed by atoms with Crippen molar-refractivity contribution in [1.82, 2.24) is 19.9 Å². The molecule has 0 radical (unpaired) electrons. The predicted octanol–water partition coefficient (Wildman–Crippen LogP) is 2.02. The zero-order chi connectivity index (χ0) is 13.4. The molecule has 0 bridgehead atoms. The lowest BCUT2D eigenvalue weighted by atomic mass is 9.92.